The van der Waals surface area contributed by atoms with E-state index in [0.717, 1.165) is 37.6 Å². The Morgan fingerprint density at radius 1 is 1.30 bits per heavy atom. The molecule has 2 N–H and O–H groups in total. The molecule has 20 heavy (non-hydrogen) atoms. The zero-order chi connectivity index (χ0) is 13.7. The lowest BCUT2D eigenvalue weighted by molar-refractivity contribution is 0.456. The van der Waals surface area contributed by atoms with E-state index in [2.05, 4.69) is 41.9 Å². The third-order valence-corrected chi connectivity index (χ3v) is 4.43. The van der Waals surface area contributed by atoms with E-state index in [1.54, 1.807) is 0 Å². The molecule has 2 rings (SSSR count). The van der Waals surface area contributed by atoms with Crippen LogP contribution in [0, 0.1) is 13.8 Å². The summed E-state index contributed by atoms with van der Waals surface area (Å²) in [7, 11) is 0. The van der Waals surface area contributed by atoms with E-state index in [1.165, 1.54) is 16.7 Å². The number of hydrogen-bond acceptors (Lipinski definition) is 2. The largest absolute Gasteiger partial charge is 0.370 e. The molecule has 112 valence electrons. The molecule has 1 aromatic carbocycles. The van der Waals surface area contributed by atoms with Gasteiger partial charge < -0.3 is 10.6 Å². The molecule has 0 unspecified atom stereocenters. The van der Waals surface area contributed by atoms with Crippen LogP contribution >= 0.6 is 35.7 Å². The fraction of sp³-hybridized carbons (Fsp3) is 0.533. The summed E-state index contributed by atoms with van der Waals surface area (Å²) in [6.07, 6.45) is 0.968. The van der Waals surface area contributed by atoms with E-state index in [-0.39, 0.29) is 24.0 Å². The van der Waals surface area contributed by atoms with Crippen molar-refractivity contribution >= 4 is 41.7 Å². The second-order valence-electron chi connectivity index (χ2n) is 5.02. The number of aryl methyl sites for hydroxylation is 2. The molecule has 0 saturated carbocycles. The van der Waals surface area contributed by atoms with Gasteiger partial charge in [0.15, 0.2) is 5.96 Å². The molecule has 0 amide bonds. The lowest BCUT2D eigenvalue weighted by Gasteiger charge is -2.27. The highest BCUT2D eigenvalue weighted by molar-refractivity contribution is 14.0. The second kappa shape index (κ2) is 8.77. The average Bonchev–Trinajstić information content (AvgIpc) is 2.42. The molecule has 0 aliphatic carbocycles. The Kier molecular flexibility index (Phi) is 7.72. The average molecular weight is 405 g/mol. The molecule has 1 aliphatic rings. The number of nitrogens with zero attached hydrogens (tertiary/aromatic N) is 2. The molecule has 5 heteroatoms. The zero-order valence-corrected chi connectivity index (χ0v) is 15.4. The van der Waals surface area contributed by atoms with E-state index < -0.39 is 0 Å². The summed E-state index contributed by atoms with van der Waals surface area (Å²) < 4.78 is 0. The lowest BCUT2D eigenvalue weighted by Crippen LogP contribution is -2.42. The van der Waals surface area contributed by atoms with Gasteiger partial charge in [0.1, 0.15) is 0 Å². The predicted molar refractivity (Wildman–Crippen MR) is 100 cm³/mol. The van der Waals surface area contributed by atoms with E-state index in [9.17, 15) is 0 Å². The Labute approximate surface area is 143 Å². The van der Waals surface area contributed by atoms with Gasteiger partial charge >= 0.3 is 0 Å². The quantitative estimate of drug-likeness (QED) is 0.478. The lowest BCUT2D eigenvalue weighted by atomic mass is 10.0. The maximum atomic E-state index is 6.04. The fourth-order valence-corrected chi connectivity index (χ4v) is 3.21. The molecular formula is C15H24IN3S. The Morgan fingerprint density at radius 3 is 2.65 bits per heavy atom. The standard InChI is InChI=1S/C15H23N3S.HI/c1-12-3-4-14(13(2)11-12)5-6-17-15(16)18-7-9-19-10-8-18;/h3-4,11H,5-10H2,1-2H3,(H2,16,17);1H. The van der Waals surface area contributed by atoms with E-state index in [0.29, 0.717) is 5.96 Å². The van der Waals surface area contributed by atoms with Crippen molar-refractivity contribution in [1.82, 2.24) is 4.90 Å². The van der Waals surface area contributed by atoms with Crippen LogP contribution in [0.25, 0.3) is 0 Å². The summed E-state index contributed by atoms with van der Waals surface area (Å²) in [4.78, 5) is 6.71. The molecule has 0 radical (unpaired) electrons. The van der Waals surface area contributed by atoms with E-state index >= 15 is 0 Å². The van der Waals surface area contributed by atoms with Crippen LogP contribution in [-0.4, -0.2) is 42.0 Å². The van der Waals surface area contributed by atoms with Crippen molar-refractivity contribution in [1.29, 1.82) is 0 Å². The third kappa shape index (κ3) is 5.16. The monoisotopic (exact) mass is 405 g/mol. The van der Waals surface area contributed by atoms with Crippen molar-refractivity contribution in [2.75, 3.05) is 31.1 Å². The summed E-state index contributed by atoms with van der Waals surface area (Å²) in [5.41, 5.74) is 10.1. The first-order valence-electron chi connectivity index (χ1n) is 6.85. The van der Waals surface area contributed by atoms with Crippen molar-refractivity contribution < 1.29 is 0 Å². The van der Waals surface area contributed by atoms with Gasteiger partial charge in [-0.25, -0.2) is 0 Å². The summed E-state index contributed by atoms with van der Waals surface area (Å²) in [5.74, 6) is 3.03. The highest BCUT2D eigenvalue weighted by atomic mass is 127. The smallest absolute Gasteiger partial charge is 0.191 e. The van der Waals surface area contributed by atoms with Crippen LogP contribution in [0.2, 0.25) is 0 Å². The first-order valence-corrected chi connectivity index (χ1v) is 8.01. The summed E-state index contributed by atoms with van der Waals surface area (Å²) in [6, 6.07) is 6.59. The van der Waals surface area contributed by atoms with Gasteiger partial charge in [-0.1, -0.05) is 23.8 Å². The highest BCUT2D eigenvalue weighted by Gasteiger charge is 2.11. The van der Waals surface area contributed by atoms with Crippen molar-refractivity contribution in [3.63, 3.8) is 0 Å². The van der Waals surface area contributed by atoms with Crippen molar-refractivity contribution in [3.8, 4) is 0 Å². The van der Waals surface area contributed by atoms with Gasteiger partial charge in [-0.2, -0.15) is 11.8 Å². The number of nitrogens with two attached hydrogens (primary N) is 1. The summed E-state index contributed by atoms with van der Waals surface area (Å²) in [5, 5.41) is 0. The molecular weight excluding hydrogens is 381 g/mol. The maximum Gasteiger partial charge on any atom is 0.191 e. The van der Waals surface area contributed by atoms with Gasteiger partial charge in [0.2, 0.25) is 0 Å². The van der Waals surface area contributed by atoms with Crippen LogP contribution < -0.4 is 5.73 Å². The third-order valence-electron chi connectivity index (χ3n) is 3.49. The maximum absolute atomic E-state index is 6.04. The number of hydrogen-bond donors (Lipinski definition) is 1. The summed E-state index contributed by atoms with van der Waals surface area (Å²) in [6.45, 7) is 7.13. The second-order valence-corrected chi connectivity index (χ2v) is 6.24. The number of rotatable bonds is 3. The molecule has 1 heterocycles. The van der Waals surface area contributed by atoms with Crippen LogP contribution in [0.3, 0.4) is 0 Å². The molecule has 0 aromatic heterocycles. The topological polar surface area (TPSA) is 41.6 Å². The zero-order valence-electron chi connectivity index (χ0n) is 12.3. The van der Waals surface area contributed by atoms with Gasteiger partial charge in [0, 0.05) is 31.1 Å². The van der Waals surface area contributed by atoms with Gasteiger partial charge in [-0.05, 0) is 31.4 Å². The van der Waals surface area contributed by atoms with Crippen LogP contribution in [0.1, 0.15) is 16.7 Å². The van der Waals surface area contributed by atoms with Crippen LogP contribution in [0.4, 0.5) is 0 Å². The Morgan fingerprint density at radius 2 is 2.00 bits per heavy atom. The van der Waals surface area contributed by atoms with Crippen molar-refractivity contribution in [3.05, 3.63) is 34.9 Å². The predicted octanol–water partition coefficient (Wildman–Crippen LogP) is 2.83. The number of halogens is 1. The molecule has 1 aliphatic heterocycles. The van der Waals surface area contributed by atoms with Crippen molar-refractivity contribution in [2.45, 2.75) is 20.3 Å². The van der Waals surface area contributed by atoms with Gasteiger partial charge in [-0.3, -0.25) is 4.99 Å². The van der Waals surface area contributed by atoms with Gasteiger partial charge in [0.05, 0.1) is 0 Å². The molecule has 1 saturated heterocycles. The minimum Gasteiger partial charge on any atom is -0.370 e. The molecule has 0 bridgehead atoms. The number of aliphatic imine (C=N–C) groups is 1. The number of guanidine groups is 1. The van der Waals surface area contributed by atoms with Crippen LogP contribution in [0.15, 0.2) is 23.2 Å². The molecule has 0 atom stereocenters. The van der Waals surface area contributed by atoms with Crippen LogP contribution in [0.5, 0.6) is 0 Å². The first-order chi connectivity index (χ1) is 9.16. The number of benzene rings is 1. The minimum atomic E-state index is 0. The Bertz CT molecular complexity index is 456. The van der Waals surface area contributed by atoms with E-state index in [4.69, 9.17) is 5.73 Å². The Hall–Kier alpha value is -0.430. The Balaban J connectivity index is 0.00000200. The normalized spacial score (nSPS) is 15.9. The van der Waals surface area contributed by atoms with Crippen LogP contribution in [-0.2, 0) is 6.42 Å². The molecule has 3 nitrogen and oxygen atoms in total. The fourth-order valence-electron chi connectivity index (χ4n) is 2.31. The van der Waals surface area contributed by atoms with Gasteiger partial charge in [0.25, 0.3) is 0 Å². The molecule has 1 aromatic rings. The molecule has 1 fully saturated rings. The minimum absolute atomic E-state index is 0. The first kappa shape index (κ1) is 17.6. The SMILES string of the molecule is Cc1ccc(CCN=C(N)N2CCSCC2)c(C)c1.I. The van der Waals surface area contributed by atoms with Crippen molar-refractivity contribution in [2.24, 2.45) is 10.7 Å². The summed E-state index contributed by atoms with van der Waals surface area (Å²) >= 11 is 1.99. The molecule has 0 spiro atoms. The highest BCUT2D eigenvalue weighted by Crippen LogP contribution is 2.12. The van der Waals surface area contributed by atoms with E-state index in [1.807, 2.05) is 11.8 Å². The van der Waals surface area contributed by atoms with Gasteiger partial charge in [-0.15, -0.1) is 24.0 Å². The number of thioether (sulfide) groups is 1.